The molecule has 2 amide bonds. The van der Waals surface area contributed by atoms with Crippen molar-refractivity contribution in [2.24, 2.45) is 11.8 Å². The Kier molecular flexibility index (Phi) is 5.27. The number of rotatable bonds is 4. The zero-order chi connectivity index (χ0) is 15.4. The van der Waals surface area contributed by atoms with E-state index in [1.54, 1.807) is 0 Å². The molecule has 6 nitrogen and oxygen atoms in total. The van der Waals surface area contributed by atoms with E-state index in [-0.39, 0.29) is 24.7 Å². The van der Waals surface area contributed by atoms with Crippen LogP contribution in [0.4, 0.5) is 5.13 Å². The van der Waals surface area contributed by atoms with Crippen LogP contribution in [0, 0.1) is 18.8 Å². The third kappa shape index (κ3) is 4.77. The fourth-order valence-electron chi connectivity index (χ4n) is 2.77. The van der Waals surface area contributed by atoms with Crippen molar-refractivity contribution >= 4 is 28.3 Å². The molecule has 2 rings (SSSR count). The molecule has 0 bridgehead atoms. The zero-order valence-electron chi connectivity index (χ0n) is 12.8. The van der Waals surface area contributed by atoms with Gasteiger partial charge in [-0.25, -0.2) is 0 Å². The molecule has 1 aliphatic rings. The molecule has 1 aliphatic heterocycles. The predicted molar refractivity (Wildman–Crippen MR) is 82.0 cm³/mol. The van der Waals surface area contributed by atoms with Gasteiger partial charge in [0, 0.05) is 25.9 Å². The Bertz CT molecular complexity index is 507. The van der Waals surface area contributed by atoms with Crippen molar-refractivity contribution in [2.45, 2.75) is 40.0 Å². The van der Waals surface area contributed by atoms with E-state index >= 15 is 0 Å². The summed E-state index contributed by atoms with van der Waals surface area (Å²) in [5.74, 6) is 0.960. The second-order valence-corrected chi connectivity index (χ2v) is 7.10. The van der Waals surface area contributed by atoms with Crippen molar-refractivity contribution in [1.82, 2.24) is 15.1 Å². The Morgan fingerprint density at radius 1 is 1.24 bits per heavy atom. The van der Waals surface area contributed by atoms with Crippen molar-refractivity contribution in [1.29, 1.82) is 0 Å². The Labute approximate surface area is 128 Å². The summed E-state index contributed by atoms with van der Waals surface area (Å²) in [6, 6.07) is 0. The van der Waals surface area contributed by atoms with E-state index in [0.29, 0.717) is 17.0 Å². The average molecular weight is 310 g/mol. The summed E-state index contributed by atoms with van der Waals surface area (Å²) in [6.07, 6.45) is 1.61. The van der Waals surface area contributed by atoms with E-state index in [9.17, 15) is 9.59 Å². The predicted octanol–water partition coefficient (Wildman–Crippen LogP) is 2.07. The lowest BCUT2D eigenvalue weighted by Crippen LogP contribution is -2.42. The SMILES string of the molecule is Cc1nnc(NC(=O)CCC(=O)N2CC(C)CC(C)C2)s1. The topological polar surface area (TPSA) is 75.2 Å². The Hall–Kier alpha value is -1.50. The van der Waals surface area contributed by atoms with Crippen molar-refractivity contribution in [3.63, 3.8) is 0 Å². The summed E-state index contributed by atoms with van der Waals surface area (Å²) >= 11 is 1.33. The van der Waals surface area contributed by atoms with Gasteiger partial charge < -0.3 is 10.2 Å². The van der Waals surface area contributed by atoms with E-state index in [1.807, 2.05) is 11.8 Å². The van der Waals surface area contributed by atoms with E-state index in [0.717, 1.165) is 18.1 Å². The maximum absolute atomic E-state index is 12.2. The van der Waals surface area contributed by atoms with Gasteiger partial charge in [-0.1, -0.05) is 25.2 Å². The highest BCUT2D eigenvalue weighted by molar-refractivity contribution is 7.15. The molecule has 7 heteroatoms. The van der Waals surface area contributed by atoms with Crippen LogP contribution in [0.5, 0.6) is 0 Å². The Morgan fingerprint density at radius 3 is 2.48 bits per heavy atom. The second kappa shape index (κ2) is 6.98. The number of hydrogen-bond acceptors (Lipinski definition) is 5. The number of nitrogens with zero attached hydrogens (tertiary/aromatic N) is 3. The number of anilines is 1. The maximum Gasteiger partial charge on any atom is 0.226 e. The molecule has 1 fully saturated rings. The first-order valence-electron chi connectivity index (χ1n) is 7.31. The molecule has 1 N–H and O–H groups in total. The molecule has 0 spiro atoms. The van der Waals surface area contributed by atoms with Crippen molar-refractivity contribution < 1.29 is 9.59 Å². The molecule has 0 radical (unpaired) electrons. The van der Waals surface area contributed by atoms with Crippen LogP contribution in [-0.4, -0.2) is 40.0 Å². The number of hydrogen-bond donors (Lipinski definition) is 1. The van der Waals surface area contributed by atoms with E-state index in [2.05, 4.69) is 29.4 Å². The minimum atomic E-state index is -0.183. The van der Waals surface area contributed by atoms with Crippen LogP contribution in [0.3, 0.4) is 0 Å². The number of amides is 2. The number of carbonyl (C=O) groups is 2. The minimum absolute atomic E-state index is 0.0667. The van der Waals surface area contributed by atoms with Gasteiger partial charge in [0.2, 0.25) is 16.9 Å². The van der Waals surface area contributed by atoms with Crippen LogP contribution in [0.2, 0.25) is 0 Å². The lowest BCUT2D eigenvalue weighted by Gasteiger charge is -2.35. The molecular weight excluding hydrogens is 288 g/mol. The van der Waals surface area contributed by atoms with Gasteiger partial charge in [-0.3, -0.25) is 9.59 Å². The van der Waals surface area contributed by atoms with Gasteiger partial charge in [0.25, 0.3) is 0 Å². The minimum Gasteiger partial charge on any atom is -0.342 e. The van der Waals surface area contributed by atoms with Crippen LogP contribution >= 0.6 is 11.3 Å². The number of likely N-dealkylation sites (tertiary alicyclic amines) is 1. The monoisotopic (exact) mass is 310 g/mol. The highest BCUT2D eigenvalue weighted by atomic mass is 32.1. The maximum atomic E-state index is 12.2. The standard InChI is InChI=1S/C14H22N4O2S/c1-9-6-10(2)8-18(7-9)13(20)5-4-12(19)15-14-17-16-11(3)21-14/h9-10H,4-8H2,1-3H3,(H,15,17,19). The van der Waals surface area contributed by atoms with Crippen LogP contribution < -0.4 is 5.32 Å². The normalized spacial score (nSPS) is 22.1. The lowest BCUT2D eigenvalue weighted by atomic mass is 9.91. The van der Waals surface area contributed by atoms with E-state index < -0.39 is 0 Å². The summed E-state index contributed by atoms with van der Waals surface area (Å²) in [7, 11) is 0. The fourth-order valence-corrected chi connectivity index (χ4v) is 3.38. The summed E-state index contributed by atoms with van der Waals surface area (Å²) < 4.78 is 0. The van der Waals surface area contributed by atoms with Gasteiger partial charge in [-0.15, -0.1) is 10.2 Å². The fraction of sp³-hybridized carbons (Fsp3) is 0.714. The molecule has 2 heterocycles. The van der Waals surface area contributed by atoms with Crippen LogP contribution in [0.25, 0.3) is 0 Å². The van der Waals surface area contributed by atoms with E-state index in [1.165, 1.54) is 17.8 Å². The molecule has 1 saturated heterocycles. The molecule has 2 unspecified atom stereocenters. The molecular formula is C14H22N4O2S. The van der Waals surface area contributed by atoms with Gasteiger partial charge in [-0.2, -0.15) is 0 Å². The number of piperidine rings is 1. The Morgan fingerprint density at radius 2 is 1.90 bits per heavy atom. The second-order valence-electron chi connectivity index (χ2n) is 5.92. The molecule has 1 aromatic rings. The molecule has 116 valence electrons. The van der Waals surface area contributed by atoms with Gasteiger partial charge >= 0.3 is 0 Å². The van der Waals surface area contributed by atoms with Gasteiger partial charge in [-0.05, 0) is 25.2 Å². The largest absolute Gasteiger partial charge is 0.342 e. The van der Waals surface area contributed by atoms with Crippen LogP contribution in [0.15, 0.2) is 0 Å². The molecule has 0 aromatic carbocycles. The molecule has 0 aliphatic carbocycles. The van der Waals surface area contributed by atoms with Crippen LogP contribution in [-0.2, 0) is 9.59 Å². The smallest absolute Gasteiger partial charge is 0.226 e. The first kappa shape index (κ1) is 15.9. The first-order chi connectivity index (χ1) is 9.94. The van der Waals surface area contributed by atoms with Gasteiger partial charge in [0.15, 0.2) is 0 Å². The van der Waals surface area contributed by atoms with Gasteiger partial charge in [0.1, 0.15) is 5.01 Å². The third-order valence-corrected chi connectivity index (χ3v) is 4.31. The molecule has 2 atom stereocenters. The molecule has 0 saturated carbocycles. The van der Waals surface area contributed by atoms with E-state index in [4.69, 9.17) is 0 Å². The number of nitrogens with one attached hydrogen (secondary N) is 1. The number of carbonyl (C=O) groups excluding carboxylic acids is 2. The Balaban J connectivity index is 1.76. The molecule has 1 aromatic heterocycles. The summed E-state index contributed by atoms with van der Waals surface area (Å²) in [6.45, 7) is 7.77. The quantitative estimate of drug-likeness (QED) is 0.924. The van der Waals surface area contributed by atoms with Crippen LogP contribution in [0.1, 0.15) is 38.1 Å². The zero-order valence-corrected chi connectivity index (χ0v) is 13.6. The highest BCUT2D eigenvalue weighted by Crippen LogP contribution is 2.21. The number of aryl methyl sites for hydroxylation is 1. The molecule has 21 heavy (non-hydrogen) atoms. The summed E-state index contributed by atoms with van der Waals surface area (Å²) in [5.41, 5.74) is 0. The third-order valence-electron chi connectivity index (χ3n) is 3.56. The van der Waals surface area contributed by atoms with Crippen molar-refractivity contribution in [3.8, 4) is 0 Å². The summed E-state index contributed by atoms with van der Waals surface area (Å²) in [4.78, 5) is 25.9. The highest BCUT2D eigenvalue weighted by Gasteiger charge is 2.25. The summed E-state index contributed by atoms with van der Waals surface area (Å²) in [5, 5.41) is 11.6. The van der Waals surface area contributed by atoms with Crippen molar-refractivity contribution in [3.05, 3.63) is 5.01 Å². The first-order valence-corrected chi connectivity index (χ1v) is 8.13. The lowest BCUT2D eigenvalue weighted by molar-refractivity contribution is -0.135. The van der Waals surface area contributed by atoms with Crippen molar-refractivity contribution in [2.75, 3.05) is 18.4 Å². The number of aromatic nitrogens is 2. The van der Waals surface area contributed by atoms with Gasteiger partial charge in [0.05, 0.1) is 0 Å². The average Bonchev–Trinajstić information content (AvgIpc) is 2.80.